The fourth-order valence-electron chi connectivity index (χ4n) is 2.28. The lowest BCUT2D eigenvalue weighted by atomic mass is 9.91. The molecule has 0 aromatic heterocycles. The van der Waals surface area contributed by atoms with Gasteiger partial charge >= 0.3 is 5.97 Å². The number of hydrogen-bond acceptors (Lipinski definition) is 3. The molecule has 0 heterocycles. The number of phenols is 1. The minimum absolute atomic E-state index is 0.141. The molecule has 0 bridgehead atoms. The van der Waals surface area contributed by atoms with Gasteiger partial charge in [-0.3, -0.25) is 4.79 Å². The van der Waals surface area contributed by atoms with Gasteiger partial charge in [-0.05, 0) is 36.6 Å². The van der Waals surface area contributed by atoms with Gasteiger partial charge in [-0.2, -0.15) is 0 Å². The molecule has 0 radical (unpaired) electrons. The third kappa shape index (κ3) is 3.52. The molecule has 2 aromatic carbocycles. The maximum absolute atomic E-state index is 11.6. The number of aliphatic carboxylic acids is 1. The van der Waals surface area contributed by atoms with E-state index in [1.54, 1.807) is 12.1 Å². The second-order valence-electron chi connectivity index (χ2n) is 5.13. The number of halogens is 1. The summed E-state index contributed by atoms with van der Waals surface area (Å²) in [6, 6.07) is 10.6. The molecule has 0 aliphatic heterocycles. The summed E-state index contributed by atoms with van der Waals surface area (Å²) in [6.07, 6.45) is 0.259. The SMILES string of the molecule is COc1cc(CC(C(=O)O)c2ccc(C)cc2)cc(Cl)c1O. The summed E-state index contributed by atoms with van der Waals surface area (Å²) in [6.45, 7) is 1.95. The van der Waals surface area contributed by atoms with Crippen LogP contribution in [0.2, 0.25) is 5.02 Å². The fourth-order valence-corrected chi connectivity index (χ4v) is 2.52. The Hall–Kier alpha value is -2.20. The minimum atomic E-state index is -0.910. The summed E-state index contributed by atoms with van der Waals surface area (Å²) < 4.78 is 5.05. The van der Waals surface area contributed by atoms with Crippen molar-refractivity contribution >= 4 is 17.6 Å². The van der Waals surface area contributed by atoms with E-state index in [1.165, 1.54) is 7.11 Å². The van der Waals surface area contributed by atoms with Gasteiger partial charge in [0, 0.05) is 0 Å². The predicted octanol–water partition coefficient (Wildman–Crippen LogP) is 3.77. The Morgan fingerprint density at radius 2 is 1.91 bits per heavy atom. The van der Waals surface area contributed by atoms with Crippen LogP contribution in [0.5, 0.6) is 11.5 Å². The Labute approximate surface area is 133 Å². The van der Waals surface area contributed by atoms with E-state index >= 15 is 0 Å². The molecule has 22 heavy (non-hydrogen) atoms. The first-order chi connectivity index (χ1) is 10.4. The Morgan fingerprint density at radius 1 is 1.27 bits per heavy atom. The first kappa shape index (κ1) is 16.2. The molecule has 4 nitrogen and oxygen atoms in total. The molecule has 5 heteroatoms. The van der Waals surface area contributed by atoms with Crippen LogP contribution in [0.1, 0.15) is 22.6 Å². The molecule has 0 saturated heterocycles. The number of carboxylic acid groups (broad SMARTS) is 1. The normalized spacial score (nSPS) is 12.0. The Morgan fingerprint density at radius 3 is 2.45 bits per heavy atom. The molecule has 0 amide bonds. The van der Waals surface area contributed by atoms with Gasteiger partial charge in [-0.15, -0.1) is 0 Å². The summed E-state index contributed by atoms with van der Waals surface area (Å²) in [5.41, 5.74) is 2.48. The number of benzene rings is 2. The number of rotatable bonds is 5. The molecule has 0 aliphatic carbocycles. The molecule has 0 spiro atoms. The van der Waals surface area contributed by atoms with Crippen LogP contribution in [0.25, 0.3) is 0 Å². The van der Waals surface area contributed by atoms with Gasteiger partial charge in [0.2, 0.25) is 0 Å². The molecule has 0 fully saturated rings. The van der Waals surface area contributed by atoms with E-state index in [0.29, 0.717) is 5.56 Å². The number of phenolic OH excluding ortho intramolecular Hbond substituents is 1. The standard InChI is InChI=1S/C17H17ClO4/c1-10-3-5-12(6-4-10)13(17(20)21)7-11-8-14(18)16(19)15(9-11)22-2/h3-6,8-9,13,19H,7H2,1-2H3,(H,20,21). The van der Waals surface area contributed by atoms with Crippen molar-refractivity contribution in [2.45, 2.75) is 19.3 Å². The van der Waals surface area contributed by atoms with Gasteiger partial charge in [0.25, 0.3) is 0 Å². The third-order valence-electron chi connectivity index (χ3n) is 3.53. The molecular formula is C17H17ClO4. The largest absolute Gasteiger partial charge is 0.503 e. The number of aromatic hydroxyl groups is 1. The smallest absolute Gasteiger partial charge is 0.311 e. The van der Waals surface area contributed by atoms with E-state index in [9.17, 15) is 15.0 Å². The summed E-state index contributed by atoms with van der Waals surface area (Å²) in [5.74, 6) is -1.51. The first-order valence-electron chi connectivity index (χ1n) is 6.77. The molecule has 2 N–H and O–H groups in total. The Balaban J connectivity index is 2.34. The van der Waals surface area contributed by atoms with Crippen LogP contribution < -0.4 is 4.74 Å². The third-order valence-corrected chi connectivity index (χ3v) is 3.81. The van der Waals surface area contributed by atoms with Crippen LogP contribution in [0, 0.1) is 6.92 Å². The van der Waals surface area contributed by atoms with Gasteiger partial charge in [-0.1, -0.05) is 41.4 Å². The second kappa shape index (κ2) is 6.71. The highest BCUT2D eigenvalue weighted by Crippen LogP contribution is 2.36. The molecule has 1 unspecified atom stereocenters. The van der Waals surface area contributed by atoms with Crippen molar-refractivity contribution in [1.82, 2.24) is 0 Å². The lowest BCUT2D eigenvalue weighted by molar-refractivity contribution is -0.138. The second-order valence-corrected chi connectivity index (χ2v) is 5.54. The number of methoxy groups -OCH3 is 1. The molecule has 116 valence electrons. The maximum Gasteiger partial charge on any atom is 0.311 e. The highest BCUT2D eigenvalue weighted by molar-refractivity contribution is 6.32. The number of aryl methyl sites for hydroxylation is 1. The number of hydrogen-bond donors (Lipinski definition) is 2. The fraction of sp³-hybridized carbons (Fsp3) is 0.235. The lowest BCUT2D eigenvalue weighted by Gasteiger charge is -2.15. The van der Waals surface area contributed by atoms with E-state index in [2.05, 4.69) is 0 Å². The van der Waals surface area contributed by atoms with Crippen molar-refractivity contribution in [3.63, 3.8) is 0 Å². The van der Waals surface area contributed by atoms with Crippen LogP contribution in [-0.2, 0) is 11.2 Å². The van der Waals surface area contributed by atoms with Crippen molar-refractivity contribution in [2.75, 3.05) is 7.11 Å². The van der Waals surface area contributed by atoms with Crippen molar-refractivity contribution < 1.29 is 19.7 Å². The zero-order valence-corrected chi connectivity index (χ0v) is 13.1. The highest BCUT2D eigenvalue weighted by Gasteiger charge is 2.21. The number of ether oxygens (including phenoxy) is 1. The molecule has 2 rings (SSSR count). The van der Waals surface area contributed by atoms with Crippen molar-refractivity contribution in [2.24, 2.45) is 0 Å². The predicted molar refractivity (Wildman–Crippen MR) is 84.9 cm³/mol. The van der Waals surface area contributed by atoms with Crippen LogP contribution >= 0.6 is 11.6 Å². The summed E-state index contributed by atoms with van der Waals surface area (Å²) in [7, 11) is 1.42. The monoisotopic (exact) mass is 320 g/mol. The summed E-state index contributed by atoms with van der Waals surface area (Å²) in [5, 5.41) is 19.4. The minimum Gasteiger partial charge on any atom is -0.503 e. The average molecular weight is 321 g/mol. The first-order valence-corrected chi connectivity index (χ1v) is 7.15. The van der Waals surface area contributed by atoms with E-state index in [4.69, 9.17) is 16.3 Å². The lowest BCUT2D eigenvalue weighted by Crippen LogP contribution is -2.14. The number of carboxylic acids is 1. The van der Waals surface area contributed by atoms with Crippen molar-refractivity contribution in [3.8, 4) is 11.5 Å². The van der Waals surface area contributed by atoms with Crippen molar-refractivity contribution in [1.29, 1.82) is 0 Å². The van der Waals surface area contributed by atoms with Crippen LogP contribution in [-0.4, -0.2) is 23.3 Å². The van der Waals surface area contributed by atoms with E-state index in [1.807, 2.05) is 31.2 Å². The Kier molecular flexibility index (Phi) is 4.93. The molecule has 0 aliphatic rings. The van der Waals surface area contributed by atoms with E-state index in [0.717, 1.165) is 11.1 Å². The van der Waals surface area contributed by atoms with E-state index in [-0.39, 0.29) is 22.9 Å². The topological polar surface area (TPSA) is 66.8 Å². The maximum atomic E-state index is 11.6. The molecule has 0 saturated carbocycles. The number of carbonyl (C=O) groups is 1. The highest BCUT2D eigenvalue weighted by atomic mass is 35.5. The van der Waals surface area contributed by atoms with Gasteiger partial charge in [-0.25, -0.2) is 0 Å². The van der Waals surface area contributed by atoms with Gasteiger partial charge < -0.3 is 14.9 Å². The quantitative estimate of drug-likeness (QED) is 0.880. The molecular weight excluding hydrogens is 304 g/mol. The van der Waals surface area contributed by atoms with Crippen LogP contribution in [0.15, 0.2) is 36.4 Å². The van der Waals surface area contributed by atoms with Gasteiger partial charge in [0.1, 0.15) is 0 Å². The average Bonchev–Trinajstić information content (AvgIpc) is 2.49. The van der Waals surface area contributed by atoms with Crippen LogP contribution in [0.3, 0.4) is 0 Å². The molecule has 2 aromatic rings. The molecule has 1 atom stereocenters. The zero-order valence-electron chi connectivity index (χ0n) is 12.3. The summed E-state index contributed by atoms with van der Waals surface area (Å²) in [4.78, 5) is 11.6. The Bertz CT molecular complexity index is 680. The zero-order chi connectivity index (χ0) is 16.3. The van der Waals surface area contributed by atoms with Crippen LogP contribution in [0.4, 0.5) is 0 Å². The van der Waals surface area contributed by atoms with Gasteiger partial charge in [0.05, 0.1) is 18.1 Å². The summed E-state index contributed by atoms with van der Waals surface area (Å²) >= 11 is 5.95. The van der Waals surface area contributed by atoms with Crippen molar-refractivity contribution in [3.05, 3.63) is 58.1 Å². The van der Waals surface area contributed by atoms with Gasteiger partial charge in [0.15, 0.2) is 11.5 Å². The van der Waals surface area contributed by atoms with E-state index < -0.39 is 11.9 Å².